The van der Waals surface area contributed by atoms with Gasteiger partial charge >= 0.3 is 14.2 Å². The molecule has 0 bridgehead atoms. The molecule has 2 aliphatic heterocycles. The molecule has 6 rings (SSSR count). The molecule has 2 saturated heterocycles. The molecule has 6 heteroatoms. The molecule has 0 amide bonds. The van der Waals surface area contributed by atoms with Crippen molar-refractivity contribution in [3.63, 3.8) is 0 Å². The summed E-state index contributed by atoms with van der Waals surface area (Å²) in [6, 6.07) is 14.1. The summed E-state index contributed by atoms with van der Waals surface area (Å²) in [4.78, 5) is 0. The SMILES string of the molecule is CC(C)(C)c1cc2cc(B3OC(C)(C)C(C)(C)O3)c3cc(C(C)(C)C)cc4cc(B5OC(C)(C)C(C)(C)O5)c(c1)c2c43. The Morgan fingerprint density at radius 3 is 1.00 bits per heavy atom. The quantitative estimate of drug-likeness (QED) is 0.184. The van der Waals surface area contributed by atoms with Gasteiger partial charge in [-0.25, -0.2) is 0 Å². The van der Waals surface area contributed by atoms with E-state index in [2.05, 4.69) is 133 Å². The fourth-order valence-corrected chi connectivity index (χ4v) is 6.26. The maximum Gasteiger partial charge on any atom is 0.495 e. The first kappa shape index (κ1) is 29.9. The maximum absolute atomic E-state index is 6.69. The summed E-state index contributed by atoms with van der Waals surface area (Å²) in [5, 5.41) is 7.28. The molecule has 0 saturated carbocycles. The predicted molar refractivity (Wildman–Crippen MR) is 179 cm³/mol. The van der Waals surface area contributed by atoms with E-state index in [4.69, 9.17) is 18.6 Å². The highest BCUT2D eigenvalue weighted by molar-refractivity contribution is 6.68. The summed E-state index contributed by atoms with van der Waals surface area (Å²) in [5.74, 6) is 0. The van der Waals surface area contributed by atoms with Gasteiger partial charge in [-0.1, -0.05) is 77.9 Å². The molecule has 0 aromatic heterocycles. The molecule has 0 unspecified atom stereocenters. The van der Waals surface area contributed by atoms with Crippen LogP contribution in [0.25, 0.3) is 32.3 Å². The van der Waals surface area contributed by atoms with Crippen LogP contribution in [-0.4, -0.2) is 36.6 Å². The van der Waals surface area contributed by atoms with Crippen LogP contribution in [0.2, 0.25) is 0 Å². The standard InChI is InChI=1S/C36H48B2O4/c1-31(2,3)23-15-21-17-28(38-41-35(11,12)36(13,14)42-38)26-20-24(32(4,5)6)16-22-18-27(25(19-23)29(21)30(22)26)37-39-33(7,8)34(9,10)40-37/h15-20H,1-14H3. The topological polar surface area (TPSA) is 36.9 Å². The Balaban J connectivity index is 1.74. The molecule has 0 spiro atoms. The molecular weight excluding hydrogens is 518 g/mol. The molecule has 2 aliphatic rings. The molecule has 2 heterocycles. The van der Waals surface area contributed by atoms with E-state index in [1.165, 1.54) is 43.4 Å². The average molecular weight is 566 g/mol. The maximum atomic E-state index is 6.69. The van der Waals surface area contributed by atoms with Crippen LogP contribution < -0.4 is 10.9 Å². The van der Waals surface area contributed by atoms with Crippen molar-refractivity contribution in [3.8, 4) is 0 Å². The first-order valence-electron chi connectivity index (χ1n) is 15.6. The lowest BCUT2D eigenvalue weighted by Gasteiger charge is -2.32. The van der Waals surface area contributed by atoms with Gasteiger partial charge in [-0.05, 0) is 121 Å². The zero-order valence-corrected chi connectivity index (χ0v) is 28.3. The fourth-order valence-electron chi connectivity index (χ4n) is 6.26. The van der Waals surface area contributed by atoms with E-state index >= 15 is 0 Å². The average Bonchev–Trinajstić information content (AvgIpc) is 3.19. The highest BCUT2D eigenvalue weighted by Gasteiger charge is 2.53. The summed E-state index contributed by atoms with van der Waals surface area (Å²) >= 11 is 0. The highest BCUT2D eigenvalue weighted by atomic mass is 16.7. The Morgan fingerprint density at radius 1 is 0.452 bits per heavy atom. The molecule has 4 aromatic rings. The van der Waals surface area contributed by atoms with Crippen LogP contribution in [0.4, 0.5) is 0 Å². The lowest BCUT2D eigenvalue weighted by atomic mass is 9.68. The smallest absolute Gasteiger partial charge is 0.399 e. The van der Waals surface area contributed by atoms with Gasteiger partial charge in [0.1, 0.15) is 0 Å². The second kappa shape index (κ2) is 8.75. The van der Waals surface area contributed by atoms with Crippen LogP contribution >= 0.6 is 0 Å². The number of rotatable bonds is 2. The van der Waals surface area contributed by atoms with Crippen LogP contribution in [0.15, 0.2) is 36.4 Å². The molecule has 0 N–H and O–H groups in total. The first-order chi connectivity index (χ1) is 19.0. The predicted octanol–water partition coefficient (Wildman–Crippen LogP) is 7.78. The van der Waals surface area contributed by atoms with Gasteiger partial charge in [0, 0.05) is 0 Å². The molecule has 42 heavy (non-hydrogen) atoms. The summed E-state index contributed by atoms with van der Waals surface area (Å²) in [6.07, 6.45) is 0. The minimum Gasteiger partial charge on any atom is -0.399 e. The van der Waals surface area contributed by atoms with Gasteiger partial charge in [0.05, 0.1) is 22.4 Å². The van der Waals surface area contributed by atoms with Crippen LogP contribution in [0.5, 0.6) is 0 Å². The van der Waals surface area contributed by atoms with Gasteiger partial charge < -0.3 is 18.6 Å². The lowest BCUT2D eigenvalue weighted by Crippen LogP contribution is -2.41. The van der Waals surface area contributed by atoms with Crippen LogP contribution in [0.3, 0.4) is 0 Å². The van der Waals surface area contributed by atoms with Crippen molar-refractivity contribution >= 4 is 57.5 Å². The number of benzene rings is 4. The zero-order chi connectivity index (χ0) is 31.0. The van der Waals surface area contributed by atoms with E-state index in [9.17, 15) is 0 Å². The largest absolute Gasteiger partial charge is 0.495 e. The van der Waals surface area contributed by atoms with Crippen molar-refractivity contribution in [2.45, 2.75) is 130 Å². The van der Waals surface area contributed by atoms with E-state index in [1.54, 1.807) is 0 Å². The number of hydrogen-bond donors (Lipinski definition) is 0. The van der Waals surface area contributed by atoms with Gasteiger partial charge in [-0.3, -0.25) is 0 Å². The third-order valence-electron chi connectivity index (χ3n) is 10.6. The minimum absolute atomic E-state index is 0.0401. The van der Waals surface area contributed by atoms with Crippen LogP contribution in [-0.2, 0) is 29.4 Å². The molecule has 0 radical (unpaired) electrons. The Morgan fingerprint density at radius 2 is 0.738 bits per heavy atom. The Kier molecular flexibility index (Phi) is 6.24. The lowest BCUT2D eigenvalue weighted by molar-refractivity contribution is 0.00578. The molecule has 0 atom stereocenters. The molecule has 4 aromatic carbocycles. The molecule has 222 valence electrons. The van der Waals surface area contributed by atoms with E-state index in [1.807, 2.05) is 0 Å². The third kappa shape index (κ3) is 4.43. The van der Waals surface area contributed by atoms with E-state index in [0.717, 1.165) is 10.9 Å². The van der Waals surface area contributed by atoms with Crippen molar-refractivity contribution in [1.29, 1.82) is 0 Å². The van der Waals surface area contributed by atoms with E-state index in [-0.39, 0.29) is 10.8 Å². The second-order valence-electron chi connectivity index (χ2n) is 16.9. The van der Waals surface area contributed by atoms with Crippen molar-refractivity contribution < 1.29 is 18.6 Å². The Labute approximate surface area is 253 Å². The van der Waals surface area contributed by atoms with Crippen molar-refractivity contribution in [1.82, 2.24) is 0 Å². The van der Waals surface area contributed by atoms with Crippen molar-refractivity contribution in [2.24, 2.45) is 0 Å². The monoisotopic (exact) mass is 566 g/mol. The van der Waals surface area contributed by atoms with Gasteiger partial charge in [0.2, 0.25) is 0 Å². The summed E-state index contributed by atoms with van der Waals surface area (Å²) in [7, 11) is -0.921. The molecular formula is C36H48B2O4. The molecule has 2 fully saturated rings. The highest BCUT2D eigenvalue weighted by Crippen LogP contribution is 2.43. The Bertz CT molecular complexity index is 1560. The van der Waals surface area contributed by atoms with Gasteiger partial charge in [-0.15, -0.1) is 0 Å². The number of hydrogen-bond acceptors (Lipinski definition) is 4. The van der Waals surface area contributed by atoms with Crippen molar-refractivity contribution in [2.75, 3.05) is 0 Å². The second-order valence-corrected chi connectivity index (χ2v) is 16.9. The molecule has 4 nitrogen and oxygen atoms in total. The minimum atomic E-state index is -0.460. The van der Waals surface area contributed by atoms with E-state index < -0.39 is 36.6 Å². The Hall–Kier alpha value is -2.11. The van der Waals surface area contributed by atoms with Gasteiger partial charge in [0.25, 0.3) is 0 Å². The van der Waals surface area contributed by atoms with Gasteiger partial charge in [-0.2, -0.15) is 0 Å². The van der Waals surface area contributed by atoms with Crippen LogP contribution in [0.1, 0.15) is 108 Å². The summed E-state index contributed by atoms with van der Waals surface area (Å²) in [6.45, 7) is 30.7. The summed E-state index contributed by atoms with van der Waals surface area (Å²) < 4.78 is 26.8. The zero-order valence-electron chi connectivity index (χ0n) is 28.3. The fraction of sp³-hybridized carbons (Fsp3) is 0.556. The normalized spacial score (nSPS) is 21.9. The third-order valence-corrected chi connectivity index (χ3v) is 10.6. The van der Waals surface area contributed by atoms with Crippen LogP contribution in [0, 0.1) is 0 Å². The van der Waals surface area contributed by atoms with E-state index in [0.29, 0.717) is 0 Å². The van der Waals surface area contributed by atoms with Gasteiger partial charge in [0.15, 0.2) is 0 Å². The molecule has 0 aliphatic carbocycles. The summed E-state index contributed by atoms with van der Waals surface area (Å²) in [5.41, 5.74) is 2.95. The first-order valence-corrected chi connectivity index (χ1v) is 15.6. The van der Waals surface area contributed by atoms with Crippen molar-refractivity contribution in [3.05, 3.63) is 47.5 Å².